The summed E-state index contributed by atoms with van der Waals surface area (Å²) in [6.45, 7) is 5.61. The molecule has 0 fully saturated rings. The number of hydrogen-bond acceptors (Lipinski definition) is 4. The van der Waals surface area contributed by atoms with E-state index < -0.39 is 0 Å². The highest BCUT2D eigenvalue weighted by molar-refractivity contribution is 7.80. The van der Waals surface area contributed by atoms with Crippen LogP contribution in [-0.2, 0) is 0 Å². The highest BCUT2D eigenvalue weighted by Crippen LogP contribution is 2.36. The minimum atomic E-state index is -0.160. The highest BCUT2D eigenvalue weighted by Gasteiger charge is 2.34. The fraction of sp³-hybridized carbons (Fsp3) is 0.478. The molecule has 0 N–H and O–H groups in total. The lowest BCUT2D eigenvalue weighted by Gasteiger charge is -2.31. The average molecular weight is 399 g/mol. The maximum Gasteiger partial charge on any atom is 0.261 e. The summed E-state index contributed by atoms with van der Waals surface area (Å²) in [6.07, 6.45) is 4.28. The Morgan fingerprint density at radius 1 is 1.07 bits per heavy atom. The molecule has 0 aliphatic carbocycles. The third-order valence-corrected chi connectivity index (χ3v) is 6.00. The maximum atomic E-state index is 13.2. The van der Waals surface area contributed by atoms with Crippen molar-refractivity contribution in [1.82, 2.24) is 4.90 Å². The summed E-state index contributed by atoms with van der Waals surface area (Å²) in [5, 5.41) is 1.75. The Bertz CT molecular complexity index is 858. The van der Waals surface area contributed by atoms with Crippen molar-refractivity contribution in [3.05, 3.63) is 41.5 Å². The number of carbonyl (C=O) groups excluding carboxylic acids is 2. The third-order valence-electron chi connectivity index (χ3n) is 5.80. The number of benzene rings is 2. The molecule has 1 unspecified atom stereocenters. The Balaban J connectivity index is 2.02. The molecule has 1 aliphatic heterocycles. The first kappa shape index (κ1) is 20.7. The van der Waals surface area contributed by atoms with E-state index in [1.165, 1.54) is 4.90 Å². The molecule has 2 aromatic rings. The quantitative estimate of drug-likeness (QED) is 0.476. The summed E-state index contributed by atoms with van der Waals surface area (Å²) < 4.78 is 0. The van der Waals surface area contributed by atoms with Gasteiger partial charge in [-0.1, -0.05) is 45.2 Å². The van der Waals surface area contributed by atoms with Crippen LogP contribution in [-0.4, -0.2) is 42.6 Å². The van der Waals surface area contributed by atoms with Gasteiger partial charge in [-0.05, 0) is 30.5 Å². The molecule has 0 aromatic heterocycles. The van der Waals surface area contributed by atoms with Gasteiger partial charge in [0.2, 0.25) is 0 Å². The van der Waals surface area contributed by atoms with Gasteiger partial charge in [0.15, 0.2) is 0 Å². The number of carbonyl (C=O) groups is 2. The van der Waals surface area contributed by atoms with Gasteiger partial charge in [0.05, 0.1) is 0 Å². The van der Waals surface area contributed by atoms with Crippen LogP contribution in [0, 0.1) is 5.92 Å². The first-order chi connectivity index (χ1) is 13.5. The zero-order chi connectivity index (χ0) is 20.3. The van der Waals surface area contributed by atoms with Crippen LogP contribution in [0.2, 0.25) is 0 Å². The number of anilines is 1. The van der Waals surface area contributed by atoms with E-state index in [-0.39, 0.29) is 11.8 Å². The number of nitrogens with zero attached hydrogens (tertiary/aromatic N) is 2. The van der Waals surface area contributed by atoms with Crippen LogP contribution in [0.25, 0.3) is 10.8 Å². The summed E-state index contributed by atoms with van der Waals surface area (Å²) in [7, 11) is 2.01. The molecule has 0 bridgehead atoms. The first-order valence-electron chi connectivity index (χ1n) is 10.3. The van der Waals surface area contributed by atoms with Gasteiger partial charge in [-0.25, -0.2) is 0 Å². The van der Waals surface area contributed by atoms with E-state index in [0.29, 0.717) is 23.6 Å². The molecular weight excluding hydrogens is 368 g/mol. The molecular formula is C23H30N2O2S. The number of rotatable bonds is 9. The van der Waals surface area contributed by atoms with Gasteiger partial charge in [0.25, 0.3) is 11.8 Å². The topological polar surface area (TPSA) is 40.6 Å². The number of hydrogen-bond donors (Lipinski definition) is 1. The maximum absolute atomic E-state index is 13.2. The fourth-order valence-electron chi connectivity index (χ4n) is 4.08. The standard InChI is InChI=1S/C23H30N2O2S/c1-4-6-8-16(5-2)15-25-22(26)18-10-7-9-17-20(24(3)13-14-28)12-11-19(21(17)18)23(25)27/h7,9-12,16,28H,4-6,8,13-15H2,1-3H3. The van der Waals surface area contributed by atoms with E-state index in [1.54, 1.807) is 0 Å². The molecule has 1 heterocycles. The molecule has 0 radical (unpaired) electrons. The zero-order valence-electron chi connectivity index (χ0n) is 17.1. The van der Waals surface area contributed by atoms with Gasteiger partial charge in [-0.3, -0.25) is 14.5 Å². The minimum Gasteiger partial charge on any atom is -0.373 e. The van der Waals surface area contributed by atoms with E-state index >= 15 is 0 Å². The van der Waals surface area contributed by atoms with E-state index in [9.17, 15) is 9.59 Å². The normalized spacial score (nSPS) is 14.6. The van der Waals surface area contributed by atoms with E-state index in [0.717, 1.165) is 54.4 Å². The summed E-state index contributed by atoms with van der Waals surface area (Å²) in [5.74, 6) is 0.773. The Kier molecular flexibility index (Phi) is 6.65. The van der Waals surface area contributed by atoms with E-state index in [4.69, 9.17) is 0 Å². The second-order valence-electron chi connectivity index (χ2n) is 7.64. The van der Waals surface area contributed by atoms with Crippen molar-refractivity contribution < 1.29 is 9.59 Å². The van der Waals surface area contributed by atoms with Gasteiger partial charge in [-0.15, -0.1) is 0 Å². The molecule has 1 aliphatic rings. The third kappa shape index (κ3) is 3.77. The average Bonchev–Trinajstić information content (AvgIpc) is 2.71. The molecule has 0 saturated heterocycles. The van der Waals surface area contributed by atoms with Crippen molar-refractivity contribution in [2.75, 3.05) is 30.8 Å². The molecule has 150 valence electrons. The number of amides is 2. The smallest absolute Gasteiger partial charge is 0.261 e. The number of imide groups is 1. The van der Waals surface area contributed by atoms with Crippen molar-refractivity contribution in [3.63, 3.8) is 0 Å². The fourth-order valence-corrected chi connectivity index (χ4v) is 4.38. The Hall–Kier alpha value is -2.01. The van der Waals surface area contributed by atoms with Crippen LogP contribution in [0.1, 0.15) is 60.2 Å². The molecule has 5 heteroatoms. The van der Waals surface area contributed by atoms with Crippen molar-refractivity contribution >= 4 is 40.9 Å². The lowest BCUT2D eigenvalue weighted by Crippen LogP contribution is -2.43. The minimum absolute atomic E-state index is 0.160. The van der Waals surface area contributed by atoms with Gasteiger partial charge in [0.1, 0.15) is 0 Å². The van der Waals surface area contributed by atoms with Crippen molar-refractivity contribution in [3.8, 4) is 0 Å². The number of thiol groups is 1. The number of unbranched alkanes of at least 4 members (excludes halogenated alkanes) is 1. The second-order valence-corrected chi connectivity index (χ2v) is 8.09. The Morgan fingerprint density at radius 3 is 2.43 bits per heavy atom. The molecule has 2 aromatic carbocycles. The van der Waals surface area contributed by atoms with Gasteiger partial charge >= 0.3 is 0 Å². The monoisotopic (exact) mass is 398 g/mol. The van der Waals surface area contributed by atoms with Crippen LogP contribution in [0.15, 0.2) is 30.3 Å². The SMILES string of the molecule is CCCCC(CC)CN1C(=O)c2cccc3c(N(C)CCS)ccc(c23)C1=O. The highest BCUT2D eigenvalue weighted by atomic mass is 32.1. The summed E-state index contributed by atoms with van der Waals surface area (Å²) in [4.78, 5) is 30.0. The van der Waals surface area contributed by atoms with Gasteiger partial charge in [-0.2, -0.15) is 12.6 Å². The Morgan fingerprint density at radius 2 is 1.79 bits per heavy atom. The summed E-state index contributed by atoms with van der Waals surface area (Å²) >= 11 is 4.32. The van der Waals surface area contributed by atoms with Crippen molar-refractivity contribution in [2.45, 2.75) is 39.5 Å². The molecule has 4 nitrogen and oxygen atoms in total. The van der Waals surface area contributed by atoms with Crippen LogP contribution in [0.5, 0.6) is 0 Å². The molecule has 0 spiro atoms. The zero-order valence-corrected chi connectivity index (χ0v) is 18.0. The van der Waals surface area contributed by atoms with Crippen LogP contribution in [0.3, 0.4) is 0 Å². The predicted octanol–water partition coefficient (Wildman–Crippen LogP) is 5.02. The van der Waals surface area contributed by atoms with Crippen molar-refractivity contribution in [1.29, 1.82) is 0 Å². The molecule has 3 rings (SSSR count). The van der Waals surface area contributed by atoms with Crippen LogP contribution in [0.4, 0.5) is 5.69 Å². The predicted molar refractivity (Wildman–Crippen MR) is 120 cm³/mol. The Labute approximate surface area is 173 Å². The lowest BCUT2D eigenvalue weighted by atomic mass is 9.91. The summed E-state index contributed by atoms with van der Waals surface area (Å²) in [5.41, 5.74) is 2.30. The van der Waals surface area contributed by atoms with E-state index in [1.807, 2.05) is 37.4 Å². The molecule has 28 heavy (non-hydrogen) atoms. The van der Waals surface area contributed by atoms with Crippen LogP contribution < -0.4 is 4.90 Å². The second kappa shape index (κ2) is 8.99. The molecule has 2 amide bonds. The lowest BCUT2D eigenvalue weighted by molar-refractivity contribution is 0.0580. The van der Waals surface area contributed by atoms with Gasteiger partial charge in [0, 0.05) is 53.5 Å². The van der Waals surface area contributed by atoms with Gasteiger partial charge < -0.3 is 4.90 Å². The molecule has 0 saturated carbocycles. The molecule has 1 atom stereocenters. The van der Waals surface area contributed by atoms with E-state index in [2.05, 4.69) is 31.4 Å². The largest absolute Gasteiger partial charge is 0.373 e. The first-order valence-corrected chi connectivity index (χ1v) is 10.9. The summed E-state index contributed by atoms with van der Waals surface area (Å²) in [6, 6.07) is 9.64. The van der Waals surface area contributed by atoms with Crippen molar-refractivity contribution in [2.24, 2.45) is 5.92 Å². The van der Waals surface area contributed by atoms with Crippen LogP contribution >= 0.6 is 12.6 Å².